The number of piperazine rings is 1. The number of nitrogens with zero attached hydrogens (tertiary/aromatic N) is 2. The van der Waals surface area contributed by atoms with E-state index in [2.05, 4.69) is 10.2 Å². The van der Waals surface area contributed by atoms with Gasteiger partial charge in [0.1, 0.15) is 0 Å². The molecular weight excluding hydrogens is 202 g/mol. The molecule has 0 aromatic heterocycles. The Morgan fingerprint density at radius 3 is 2.44 bits per heavy atom. The van der Waals surface area contributed by atoms with Crippen LogP contribution in [0.4, 0.5) is 0 Å². The van der Waals surface area contributed by atoms with Gasteiger partial charge in [-0.25, -0.2) is 0 Å². The van der Waals surface area contributed by atoms with Crippen molar-refractivity contribution in [1.82, 2.24) is 15.1 Å². The molecule has 0 bridgehead atoms. The topological polar surface area (TPSA) is 35.6 Å². The Morgan fingerprint density at radius 1 is 1.25 bits per heavy atom. The fourth-order valence-electron chi connectivity index (χ4n) is 2.12. The summed E-state index contributed by atoms with van der Waals surface area (Å²) < 4.78 is 0. The largest absolute Gasteiger partial charge is 0.343 e. The van der Waals surface area contributed by atoms with E-state index in [-0.39, 0.29) is 0 Å². The van der Waals surface area contributed by atoms with E-state index in [0.29, 0.717) is 12.3 Å². The fraction of sp³-hybridized carbons (Fsp3) is 0.917. The average molecular weight is 227 g/mol. The number of amides is 1. The van der Waals surface area contributed by atoms with Crippen molar-refractivity contribution in [2.75, 3.05) is 45.8 Å². The van der Waals surface area contributed by atoms with Crippen LogP contribution >= 0.6 is 0 Å². The lowest BCUT2D eigenvalue weighted by Gasteiger charge is -2.27. The summed E-state index contributed by atoms with van der Waals surface area (Å²) in [6, 6.07) is 0. The summed E-state index contributed by atoms with van der Waals surface area (Å²) >= 11 is 0. The predicted molar refractivity (Wildman–Crippen MR) is 66.5 cm³/mol. The van der Waals surface area contributed by atoms with Crippen molar-refractivity contribution in [3.8, 4) is 0 Å². The van der Waals surface area contributed by atoms with E-state index in [4.69, 9.17) is 0 Å². The Balaban J connectivity index is 2.11. The van der Waals surface area contributed by atoms with Gasteiger partial charge in [-0.05, 0) is 26.8 Å². The number of nitrogens with one attached hydrogen (secondary N) is 1. The van der Waals surface area contributed by atoms with Crippen LogP contribution in [0.5, 0.6) is 0 Å². The molecule has 0 aromatic rings. The van der Waals surface area contributed by atoms with Gasteiger partial charge in [-0.2, -0.15) is 0 Å². The normalized spacial score (nSPS) is 17.4. The van der Waals surface area contributed by atoms with Crippen LogP contribution in [-0.4, -0.2) is 61.5 Å². The van der Waals surface area contributed by atoms with E-state index in [1.54, 1.807) is 0 Å². The first-order valence-electron chi connectivity index (χ1n) is 6.48. The average Bonchev–Trinajstić information content (AvgIpc) is 2.32. The lowest BCUT2D eigenvalue weighted by Crippen LogP contribution is -2.44. The Hall–Kier alpha value is -0.610. The third kappa shape index (κ3) is 4.49. The van der Waals surface area contributed by atoms with Crippen LogP contribution in [0.1, 0.15) is 26.7 Å². The van der Waals surface area contributed by atoms with Gasteiger partial charge in [-0.15, -0.1) is 0 Å². The lowest BCUT2D eigenvalue weighted by atomic mass is 10.2. The van der Waals surface area contributed by atoms with Gasteiger partial charge < -0.3 is 15.1 Å². The van der Waals surface area contributed by atoms with E-state index in [0.717, 1.165) is 52.2 Å². The number of carbonyl (C=O) groups excluding carboxylic acids is 1. The van der Waals surface area contributed by atoms with Gasteiger partial charge in [0.25, 0.3) is 0 Å². The maximum Gasteiger partial charge on any atom is 0.222 e. The van der Waals surface area contributed by atoms with Crippen molar-refractivity contribution < 1.29 is 4.79 Å². The zero-order valence-corrected chi connectivity index (χ0v) is 10.7. The second-order valence-electron chi connectivity index (χ2n) is 4.26. The van der Waals surface area contributed by atoms with Crippen LogP contribution in [0.25, 0.3) is 0 Å². The minimum atomic E-state index is 0.306. The fourth-order valence-corrected chi connectivity index (χ4v) is 2.12. The molecule has 4 heteroatoms. The van der Waals surface area contributed by atoms with Crippen LogP contribution in [0.15, 0.2) is 0 Å². The van der Waals surface area contributed by atoms with Gasteiger partial charge in [0, 0.05) is 45.7 Å². The highest BCUT2D eigenvalue weighted by atomic mass is 16.2. The van der Waals surface area contributed by atoms with Crippen molar-refractivity contribution in [1.29, 1.82) is 0 Å². The van der Waals surface area contributed by atoms with Crippen molar-refractivity contribution in [3.05, 3.63) is 0 Å². The van der Waals surface area contributed by atoms with Crippen molar-refractivity contribution in [3.63, 3.8) is 0 Å². The van der Waals surface area contributed by atoms with Crippen LogP contribution in [0, 0.1) is 0 Å². The molecule has 0 aliphatic carbocycles. The van der Waals surface area contributed by atoms with Crippen LogP contribution < -0.4 is 5.32 Å². The van der Waals surface area contributed by atoms with Crippen molar-refractivity contribution >= 4 is 5.91 Å². The second-order valence-corrected chi connectivity index (χ2v) is 4.26. The zero-order chi connectivity index (χ0) is 11.8. The molecule has 0 aromatic carbocycles. The SMILES string of the molecule is CCN(CC)C(=O)CCCN1CCNCC1. The quantitative estimate of drug-likeness (QED) is 0.719. The van der Waals surface area contributed by atoms with Crippen molar-refractivity contribution in [2.45, 2.75) is 26.7 Å². The highest BCUT2D eigenvalue weighted by Crippen LogP contribution is 2.01. The Kier molecular flexibility index (Phi) is 6.42. The standard InChI is InChI=1S/C12H25N3O/c1-3-15(4-2)12(16)6-5-9-14-10-7-13-8-11-14/h13H,3-11H2,1-2H3. The van der Waals surface area contributed by atoms with Gasteiger partial charge in [0.05, 0.1) is 0 Å². The summed E-state index contributed by atoms with van der Waals surface area (Å²) in [5.41, 5.74) is 0. The summed E-state index contributed by atoms with van der Waals surface area (Å²) in [7, 11) is 0. The molecule has 1 aliphatic rings. The number of hydrogen-bond acceptors (Lipinski definition) is 3. The molecule has 16 heavy (non-hydrogen) atoms. The monoisotopic (exact) mass is 227 g/mol. The molecule has 0 unspecified atom stereocenters. The summed E-state index contributed by atoms with van der Waals surface area (Å²) in [5.74, 6) is 0.306. The van der Waals surface area contributed by atoms with Gasteiger partial charge in [-0.3, -0.25) is 4.79 Å². The molecule has 94 valence electrons. The second kappa shape index (κ2) is 7.63. The van der Waals surface area contributed by atoms with E-state index < -0.39 is 0 Å². The molecule has 0 radical (unpaired) electrons. The van der Waals surface area contributed by atoms with Crippen LogP contribution in [0.3, 0.4) is 0 Å². The smallest absolute Gasteiger partial charge is 0.222 e. The van der Waals surface area contributed by atoms with Gasteiger partial charge in [-0.1, -0.05) is 0 Å². The molecule has 1 fully saturated rings. The summed E-state index contributed by atoms with van der Waals surface area (Å²) in [6.07, 6.45) is 1.70. The number of carbonyl (C=O) groups is 1. The zero-order valence-electron chi connectivity index (χ0n) is 10.7. The summed E-state index contributed by atoms with van der Waals surface area (Å²) in [4.78, 5) is 16.1. The highest BCUT2D eigenvalue weighted by molar-refractivity contribution is 5.76. The Labute approximate surface area is 99.0 Å². The van der Waals surface area contributed by atoms with Crippen LogP contribution in [0.2, 0.25) is 0 Å². The Bertz CT molecular complexity index is 198. The van der Waals surface area contributed by atoms with Gasteiger partial charge in [0.2, 0.25) is 5.91 Å². The molecule has 1 N–H and O–H groups in total. The van der Waals surface area contributed by atoms with E-state index in [9.17, 15) is 4.79 Å². The van der Waals surface area contributed by atoms with Gasteiger partial charge in [0.15, 0.2) is 0 Å². The molecule has 4 nitrogen and oxygen atoms in total. The summed E-state index contributed by atoms with van der Waals surface area (Å²) in [6.45, 7) is 11.2. The molecule has 1 aliphatic heterocycles. The third-order valence-electron chi connectivity index (χ3n) is 3.19. The molecule has 1 amide bonds. The minimum absolute atomic E-state index is 0.306. The maximum atomic E-state index is 11.7. The van der Waals surface area contributed by atoms with Gasteiger partial charge >= 0.3 is 0 Å². The predicted octanol–water partition coefficient (Wildman–Crippen LogP) is 0.540. The molecule has 0 saturated carbocycles. The molecule has 1 saturated heterocycles. The number of rotatable bonds is 6. The first-order chi connectivity index (χ1) is 7.77. The van der Waals surface area contributed by atoms with Crippen molar-refractivity contribution in [2.24, 2.45) is 0 Å². The molecule has 0 spiro atoms. The summed E-state index contributed by atoms with van der Waals surface area (Å²) in [5, 5.41) is 3.33. The minimum Gasteiger partial charge on any atom is -0.343 e. The van der Waals surface area contributed by atoms with E-state index in [1.807, 2.05) is 18.7 Å². The lowest BCUT2D eigenvalue weighted by molar-refractivity contribution is -0.131. The third-order valence-corrected chi connectivity index (χ3v) is 3.19. The first kappa shape index (κ1) is 13.5. The highest BCUT2D eigenvalue weighted by Gasteiger charge is 2.12. The van der Waals surface area contributed by atoms with E-state index >= 15 is 0 Å². The maximum absolute atomic E-state index is 11.7. The first-order valence-corrected chi connectivity index (χ1v) is 6.48. The van der Waals surface area contributed by atoms with Crippen LogP contribution in [-0.2, 0) is 4.79 Å². The molecule has 1 rings (SSSR count). The van der Waals surface area contributed by atoms with E-state index in [1.165, 1.54) is 0 Å². The molecular formula is C12H25N3O. The molecule has 0 atom stereocenters. The number of hydrogen-bond donors (Lipinski definition) is 1. The Morgan fingerprint density at radius 2 is 1.88 bits per heavy atom. The molecule has 1 heterocycles.